The zero-order chi connectivity index (χ0) is 39.3. The number of pyridine rings is 2. The number of aromatic nitrogens is 4. The third-order valence-electron chi connectivity index (χ3n) is 10.1. The summed E-state index contributed by atoms with van der Waals surface area (Å²) in [6.07, 6.45) is 1.48. The van der Waals surface area contributed by atoms with Crippen LogP contribution in [0.3, 0.4) is 0 Å². The first-order valence-corrected chi connectivity index (χ1v) is 19.0. The first-order valence-electron chi connectivity index (χ1n) is 18.1. The van der Waals surface area contributed by atoms with E-state index in [1.54, 1.807) is 32.0 Å². The van der Waals surface area contributed by atoms with Gasteiger partial charge >= 0.3 is 11.7 Å². The molecule has 1 aliphatic heterocycles. The minimum absolute atomic E-state index is 0.0598. The van der Waals surface area contributed by atoms with E-state index < -0.39 is 35.9 Å². The lowest BCUT2D eigenvalue weighted by Crippen LogP contribution is -2.28. The summed E-state index contributed by atoms with van der Waals surface area (Å²) in [7, 11) is 1.24. The van der Waals surface area contributed by atoms with Gasteiger partial charge in [0.1, 0.15) is 17.7 Å². The molecule has 0 saturated carbocycles. The number of anilines is 1. The minimum Gasteiger partial charge on any atom is -0.493 e. The summed E-state index contributed by atoms with van der Waals surface area (Å²) in [5.74, 6) is -6.10. The first kappa shape index (κ1) is 37.3. The van der Waals surface area contributed by atoms with Crippen molar-refractivity contribution in [3.63, 3.8) is 0 Å². The highest BCUT2D eigenvalue weighted by Gasteiger charge is 2.50. The van der Waals surface area contributed by atoms with Crippen LogP contribution in [0.5, 0.6) is 5.75 Å². The molecule has 0 spiro atoms. The molecule has 1 fully saturated rings. The fourth-order valence-electron chi connectivity index (χ4n) is 7.72. The van der Waals surface area contributed by atoms with Crippen LogP contribution in [0.2, 0.25) is 0 Å². The number of aryl methyl sites for hydroxylation is 3. The second-order valence-corrected chi connectivity index (χ2v) is 14.8. The molecule has 1 saturated heterocycles. The second-order valence-electron chi connectivity index (χ2n) is 13.8. The summed E-state index contributed by atoms with van der Waals surface area (Å²) >= 11 is 1.19. The van der Waals surface area contributed by atoms with E-state index in [4.69, 9.17) is 18.9 Å². The highest BCUT2D eigenvalue weighted by atomic mass is 32.1. The summed E-state index contributed by atoms with van der Waals surface area (Å²) in [6.45, 7) is 4.18. The number of rotatable bonds is 11. The number of hydrogen-bond donors (Lipinski definition) is 3. The fourth-order valence-corrected chi connectivity index (χ4v) is 8.87. The summed E-state index contributed by atoms with van der Waals surface area (Å²) in [5, 5.41) is 13.6. The molecule has 6 aromatic rings. The van der Waals surface area contributed by atoms with Crippen molar-refractivity contribution < 1.29 is 36.2 Å². The predicted molar refractivity (Wildman–Crippen MR) is 201 cm³/mol. The number of hydrogen-bond acceptors (Lipinski definition) is 11. The van der Waals surface area contributed by atoms with Crippen molar-refractivity contribution in [3.05, 3.63) is 110 Å². The number of carbonyl (C=O) groups is 1. The molecule has 16 heteroatoms. The smallest absolute Gasteiger partial charge is 0.434 e. The van der Waals surface area contributed by atoms with Gasteiger partial charge in [0.2, 0.25) is 0 Å². The number of nitrogens with zero attached hydrogens (tertiary/aromatic N) is 3. The lowest BCUT2D eigenvalue weighted by atomic mass is 9.91. The van der Waals surface area contributed by atoms with E-state index in [0.717, 1.165) is 18.1 Å². The molecule has 290 valence electrons. The molecule has 1 aliphatic carbocycles. The maximum atomic E-state index is 15.8. The van der Waals surface area contributed by atoms with Crippen molar-refractivity contribution in [1.82, 2.24) is 25.5 Å². The molecule has 5 heterocycles. The molecule has 2 aromatic carbocycles. The van der Waals surface area contributed by atoms with Gasteiger partial charge in [0.25, 0.3) is 11.8 Å². The van der Waals surface area contributed by atoms with E-state index in [1.807, 2.05) is 6.07 Å². The summed E-state index contributed by atoms with van der Waals surface area (Å²) in [6, 6.07) is 10.3. The number of H-pyrrole nitrogens is 1. The Morgan fingerprint density at radius 1 is 1.09 bits per heavy atom. The molecule has 0 amide bonds. The lowest BCUT2D eigenvalue weighted by Gasteiger charge is -2.22. The molecule has 0 unspecified atom stereocenters. The van der Waals surface area contributed by atoms with Crippen LogP contribution in [0.25, 0.3) is 32.0 Å². The van der Waals surface area contributed by atoms with Crippen LogP contribution in [0.15, 0.2) is 57.7 Å². The van der Waals surface area contributed by atoms with Gasteiger partial charge in [-0.25, -0.2) is 37.2 Å². The number of carbonyl (C=O) groups excluding carboxylic acids is 1. The standard InChI is InChI=1S/C40H36F4N6O5S/c1-4-54-38(51)31-30(29(37-49-50-39(52)55-37)26(47-32(31)27-6-5-15-45-27)14-9-20-7-10-22(41)11-8-20)28-17-21-16-19(2)46-36(34(21)56-28)48-35-23-12-13-25(42)33(53-3)24(23)18-40(35,43)44/h7-8,10-13,16-17,27,35,45H,4-6,9,14-15,18H2,1-3H3,(H,46,48)(H,50,52)/t27-,35-/m0/s1. The van der Waals surface area contributed by atoms with Crippen LogP contribution < -0.4 is 21.1 Å². The van der Waals surface area contributed by atoms with Gasteiger partial charge in [-0.3, -0.25) is 4.98 Å². The van der Waals surface area contributed by atoms with Crippen LogP contribution in [0.1, 0.15) is 76.0 Å². The maximum Gasteiger partial charge on any atom is 0.434 e. The van der Waals surface area contributed by atoms with Gasteiger partial charge in [-0.05, 0) is 92.9 Å². The van der Waals surface area contributed by atoms with Gasteiger partial charge in [-0.2, -0.15) is 0 Å². The van der Waals surface area contributed by atoms with Gasteiger partial charge in [-0.1, -0.05) is 18.2 Å². The molecule has 2 aliphatic rings. The molecular weight excluding hydrogens is 753 g/mol. The Bertz CT molecular complexity index is 2530. The Labute approximate surface area is 321 Å². The van der Waals surface area contributed by atoms with E-state index in [-0.39, 0.29) is 64.6 Å². The summed E-state index contributed by atoms with van der Waals surface area (Å²) < 4.78 is 76.9. The van der Waals surface area contributed by atoms with Crippen molar-refractivity contribution in [2.45, 2.75) is 64.0 Å². The fraction of sp³-hybridized carbons (Fsp3) is 0.325. The minimum atomic E-state index is -3.32. The zero-order valence-electron chi connectivity index (χ0n) is 30.5. The Kier molecular flexibility index (Phi) is 9.87. The van der Waals surface area contributed by atoms with Gasteiger partial charge in [-0.15, -0.1) is 16.4 Å². The lowest BCUT2D eigenvalue weighted by molar-refractivity contribution is -0.00737. The molecule has 4 aromatic heterocycles. The molecule has 56 heavy (non-hydrogen) atoms. The van der Waals surface area contributed by atoms with Crippen LogP contribution >= 0.6 is 11.3 Å². The Hall–Kier alpha value is -5.61. The number of nitrogens with one attached hydrogen (secondary N) is 3. The molecule has 8 rings (SSSR count). The number of methoxy groups -OCH3 is 1. The Morgan fingerprint density at radius 3 is 2.59 bits per heavy atom. The van der Waals surface area contributed by atoms with Gasteiger partial charge < -0.3 is 24.5 Å². The predicted octanol–water partition coefficient (Wildman–Crippen LogP) is 8.03. The molecule has 3 N–H and O–H groups in total. The second kappa shape index (κ2) is 14.8. The van der Waals surface area contributed by atoms with Gasteiger partial charge in [0, 0.05) is 28.1 Å². The van der Waals surface area contributed by atoms with E-state index >= 15 is 8.78 Å². The van der Waals surface area contributed by atoms with Crippen molar-refractivity contribution in [2.75, 3.05) is 25.6 Å². The molecular formula is C40H36F4N6O5S. The number of alkyl halides is 2. The largest absolute Gasteiger partial charge is 0.493 e. The highest BCUT2D eigenvalue weighted by molar-refractivity contribution is 7.23. The van der Waals surface area contributed by atoms with Crippen molar-refractivity contribution in [2.24, 2.45) is 0 Å². The molecule has 11 nitrogen and oxygen atoms in total. The number of aromatic amines is 1. The molecule has 0 bridgehead atoms. The van der Waals surface area contributed by atoms with Crippen LogP contribution in [-0.4, -0.2) is 52.3 Å². The quantitative estimate of drug-likeness (QED) is 0.0872. The monoisotopic (exact) mass is 788 g/mol. The molecule has 0 radical (unpaired) electrons. The molecule has 2 atom stereocenters. The van der Waals surface area contributed by atoms with Crippen molar-refractivity contribution >= 4 is 33.2 Å². The summed E-state index contributed by atoms with van der Waals surface area (Å²) in [5.41, 5.74) is 3.28. The number of esters is 1. The zero-order valence-corrected chi connectivity index (χ0v) is 31.3. The number of thiophene rings is 1. The first-order chi connectivity index (χ1) is 26.9. The summed E-state index contributed by atoms with van der Waals surface area (Å²) in [4.78, 5) is 36.9. The average Bonchev–Trinajstić information content (AvgIpc) is 3.98. The van der Waals surface area contributed by atoms with Crippen molar-refractivity contribution in [1.29, 1.82) is 0 Å². The SMILES string of the molecule is CCOC(=O)c1c([C@@H]2CCCN2)nc(CCc2ccc(F)cc2)c(-c2n[nH]c(=O)o2)c1-c1cc2cc(C)nc(N[C@H]3c4ccc(F)c(OC)c4CC3(F)F)c2s1. The van der Waals surface area contributed by atoms with E-state index in [9.17, 15) is 18.4 Å². The number of halogens is 4. The topological polar surface area (TPSA) is 144 Å². The highest BCUT2D eigenvalue weighted by Crippen LogP contribution is 2.51. The van der Waals surface area contributed by atoms with Gasteiger partial charge in [0.15, 0.2) is 11.6 Å². The van der Waals surface area contributed by atoms with Crippen LogP contribution in [-0.2, 0) is 24.0 Å². The normalized spacial score (nSPS) is 17.3. The Morgan fingerprint density at radius 2 is 1.89 bits per heavy atom. The third kappa shape index (κ3) is 6.80. The van der Waals surface area contributed by atoms with E-state index in [0.29, 0.717) is 57.0 Å². The number of ether oxygens (including phenoxy) is 2. The van der Waals surface area contributed by atoms with Crippen molar-refractivity contribution in [3.8, 4) is 27.6 Å². The van der Waals surface area contributed by atoms with Crippen LogP contribution in [0.4, 0.5) is 23.4 Å². The van der Waals surface area contributed by atoms with Gasteiger partial charge in [0.05, 0.1) is 47.0 Å². The Balaban J connectivity index is 1.35. The van der Waals surface area contributed by atoms with Crippen LogP contribution in [0, 0.1) is 18.6 Å². The maximum absolute atomic E-state index is 15.8. The van der Waals surface area contributed by atoms with E-state index in [2.05, 4.69) is 25.8 Å². The number of fused-ring (bicyclic) bond motifs is 2. The van der Waals surface area contributed by atoms with E-state index in [1.165, 1.54) is 36.6 Å². The average molecular weight is 789 g/mol. The third-order valence-corrected chi connectivity index (χ3v) is 11.3. The number of benzene rings is 2.